The van der Waals surface area contributed by atoms with Crippen LogP contribution in [0.1, 0.15) is 10.4 Å². The van der Waals surface area contributed by atoms with Crippen molar-refractivity contribution in [2.45, 2.75) is 0 Å². The highest BCUT2D eigenvalue weighted by atomic mass is 35.5. The van der Waals surface area contributed by atoms with Gasteiger partial charge in [-0.15, -0.1) is 0 Å². The molecule has 1 aliphatic heterocycles. The number of nitrogens with zero attached hydrogens (tertiary/aromatic N) is 1. The van der Waals surface area contributed by atoms with Crippen molar-refractivity contribution < 1.29 is 19.1 Å². The first-order valence-corrected chi connectivity index (χ1v) is 7.75. The van der Waals surface area contributed by atoms with Gasteiger partial charge in [-0.3, -0.25) is 14.5 Å². The van der Waals surface area contributed by atoms with Crippen molar-refractivity contribution in [1.82, 2.24) is 0 Å². The molecular weight excluding hydrogens is 346 g/mol. The fraction of sp³-hybridized carbons (Fsp3) is 0.118. The Labute approximate surface area is 148 Å². The normalized spacial score (nSPS) is 13.0. The number of nitrogen functional groups attached to an aromatic ring is 1. The maximum Gasteiger partial charge on any atom is 0.338 e. The molecule has 1 heterocycles. The monoisotopic (exact) mass is 359 g/mol. The minimum atomic E-state index is -0.702. The number of fused-ring (bicyclic) bond motifs is 1. The summed E-state index contributed by atoms with van der Waals surface area (Å²) in [5.41, 5.74) is 7.15. The van der Waals surface area contributed by atoms with Gasteiger partial charge in [-0.1, -0.05) is 23.7 Å². The first-order valence-electron chi connectivity index (χ1n) is 7.37. The average molecular weight is 360 g/mol. The minimum Gasteiger partial charge on any atom is -0.452 e. The Balaban J connectivity index is 1.69. The predicted octanol–water partition coefficient (Wildman–Crippen LogP) is 2.06. The second kappa shape index (κ2) is 6.82. The molecule has 1 aliphatic rings. The van der Waals surface area contributed by atoms with Gasteiger partial charge in [0.05, 0.1) is 27.6 Å². The van der Waals surface area contributed by atoms with Crippen molar-refractivity contribution in [2.24, 2.45) is 0 Å². The number of nitrogens with two attached hydrogens (primary N) is 1. The molecule has 0 aliphatic carbocycles. The molecule has 0 spiro atoms. The Morgan fingerprint density at radius 2 is 2.00 bits per heavy atom. The van der Waals surface area contributed by atoms with E-state index < -0.39 is 18.5 Å². The first kappa shape index (κ1) is 16.8. The van der Waals surface area contributed by atoms with Crippen molar-refractivity contribution in [3.05, 3.63) is 53.1 Å². The molecule has 8 heteroatoms. The Hall–Kier alpha value is -3.06. The number of carbonyl (C=O) groups excluding carboxylic acids is 3. The molecule has 2 amide bonds. The Morgan fingerprint density at radius 1 is 1.24 bits per heavy atom. The molecule has 3 N–H and O–H groups in total. The molecule has 0 radical (unpaired) electrons. The van der Waals surface area contributed by atoms with E-state index in [4.69, 9.17) is 22.1 Å². The number of ether oxygens (including phenoxy) is 1. The van der Waals surface area contributed by atoms with E-state index in [1.165, 1.54) is 23.1 Å². The molecule has 0 fully saturated rings. The van der Waals surface area contributed by atoms with Crippen LogP contribution in [0.25, 0.3) is 0 Å². The summed E-state index contributed by atoms with van der Waals surface area (Å²) in [7, 11) is 0. The van der Waals surface area contributed by atoms with Gasteiger partial charge >= 0.3 is 5.97 Å². The van der Waals surface area contributed by atoms with Crippen molar-refractivity contribution in [1.29, 1.82) is 0 Å². The van der Waals surface area contributed by atoms with Gasteiger partial charge in [-0.25, -0.2) is 4.79 Å². The van der Waals surface area contributed by atoms with Gasteiger partial charge in [0.2, 0.25) is 5.91 Å². The van der Waals surface area contributed by atoms with E-state index in [1.807, 2.05) is 0 Å². The van der Waals surface area contributed by atoms with Crippen LogP contribution >= 0.6 is 11.6 Å². The Kier molecular flexibility index (Phi) is 4.58. The quantitative estimate of drug-likeness (QED) is 0.645. The SMILES string of the molecule is Nc1cc(C(=O)OCC(=O)N2CC(=O)Nc3ccccc32)ccc1Cl. The molecule has 0 saturated heterocycles. The molecule has 0 unspecified atom stereocenters. The standard InChI is InChI=1S/C17H14ClN3O4/c18-11-6-5-10(7-12(11)19)17(24)25-9-16(23)21-8-15(22)20-13-3-1-2-4-14(13)21/h1-7H,8-9,19H2,(H,20,22). The highest BCUT2D eigenvalue weighted by Gasteiger charge is 2.27. The average Bonchev–Trinajstić information content (AvgIpc) is 2.60. The van der Waals surface area contributed by atoms with Gasteiger partial charge in [-0.05, 0) is 30.3 Å². The minimum absolute atomic E-state index is 0.138. The maximum absolute atomic E-state index is 12.4. The zero-order valence-electron chi connectivity index (χ0n) is 13.0. The summed E-state index contributed by atoms with van der Waals surface area (Å²) >= 11 is 5.80. The van der Waals surface area contributed by atoms with E-state index in [-0.39, 0.29) is 23.7 Å². The summed E-state index contributed by atoms with van der Waals surface area (Å²) in [6.45, 7) is -0.635. The molecule has 2 aromatic carbocycles. The molecule has 0 atom stereocenters. The number of para-hydroxylation sites is 2. The van der Waals surface area contributed by atoms with Crippen LogP contribution in [-0.2, 0) is 14.3 Å². The zero-order chi connectivity index (χ0) is 18.0. The third-order valence-electron chi connectivity index (χ3n) is 3.63. The molecular formula is C17H14ClN3O4. The summed E-state index contributed by atoms with van der Waals surface area (Å²) in [6, 6.07) is 11.2. The van der Waals surface area contributed by atoms with Gasteiger partial charge in [0, 0.05) is 0 Å². The molecule has 0 aromatic heterocycles. The number of halogens is 1. The van der Waals surface area contributed by atoms with Crippen molar-refractivity contribution in [3.8, 4) is 0 Å². The Morgan fingerprint density at radius 3 is 2.76 bits per heavy atom. The van der Waals surface area contributed by atoms with Crippen LogP contribution in [0.2, 0.25) is 5.02 Å². The number of hydrogen-bond acceptors (Lipinski definition) is 5. The second-order valence-electron chi connectivity index (χ2n) is 5.36. The lowest BCUT2D eigenvalue weighted by atomic mass is 10.2. The molecule has 7 nitrogen and oxygen atoms in total. The summed E-state index contributed by atoms with van der Waals surface area (Å²) < 4.78 is 5.03. The van der Waals surface area contributed by atoms with Crippen LogP contribution < -0.4 is 16.0 Å². The highest BCUT2D eigenvalue weighted by Crippen LogP contribution is 2.29. The predicted molar refractivity (Wildman–Crippen MR) is 93.6 cm³/mol. The third-order valence-corrected chi connectivity index (χ3v) is 3.97. The van der Waals surface area contributed by atoms with Crippen LogP contribution in [0, 0.1) is 0 Å². The van der Waals surface area contributed by atoms with E-state index in [0.717, 1.165) is 0 Å². The number of nitrogens with one attached hydrogen (secondary N) is 1. The number of benzene rings is 2. The maximum atomic E-state index is 12.4. The number of hydrogen-bond donors (Lipinski definition) is 2. The van der Waals surface area contributed by atoms with E-state index in [9.17, 15) is 14.4 Å². The fourth-order valence-electron chi connectivity index (χ4n) is 2.42. The second-order valence-corrected chi connectivity index (χ2v) is 5.76. The van der Waals surface area contributed by atoms with Gasteiger partial charge in [0.1, 0.15) is 6.54 Å². The van der Waals surface area contributed by atoms with E-state index in [1.54, 1.807) is 24.3 Å². The van der Waals surface area contributed by atoms with Crippen LogP contribution in [0.5, 0.6) is 0 Å². The highest BCUT2D eigenvalue weighted by molar-refractivity contribution is 6.33. The molecule has 0 bridgehead atoms. The molecule has 0 saturated carbocycles. The topological polar surface area (TPSA) is 102 Å². The van der Waals surface area contributed by atoms with E-state index >= 15 is 0 Å². The van der Waals surface area contributed by atoms with Crippen molar-refractivity contribution in [3.63, 3.8) is 0 Å². The molecule has 3 rings (SSSR count). The summed E-state index contributed by atoms with van der Waals surface area (Å²) in [4.78, 5) is 37.4. The summed E-state index contributed by atoms with van der Waals surface area (Å²) in [5, 5.41) is 3.00. The largest absolute Gasteiger partial charge is 0.452 e. The number of anilines is 3. The van der Waals surface area contributed by atoms with Crippen LogP contribution in [0.4, 0.5) is 17.1 Å². The number of rotatable bonds is 3. The van der Waals surface area contributed by atoms with E-state index in [0.29, 0.717) is 16.4 Å². The zero-order valence-corrected chi connectivity index (χ0v) is 13.7. The summed E-state index contributed by atoms with van der Waals surface area (Å²) in [6.07, 6.45) is 0. The number of carbonyl (C=O) groups is 3. The lowest BCUT2D eigenvalue weighted by Gasteiger charge is -2.28. The van der Waals surface area contributed by atoms with Crippen LogP contribution in [-0.4, -0.2) is 30.9 Å². The third kappa shape index (κ3) is 3.56. The van der Waals surface area contributed by atoms with Gasteiger partial charge in [0.25, 0.3) is 5.91 Å². The van der Waals surface area contributed by atoms with E-state index in [2.05, 4.69) is 5.32 Å². The molecule has 128 valence electrons. The first-order chi connectivity index (χ1) is 12.0. The van der Waals surface area contributed by atoms with Gasteiger partial charge in [-0.2, -0.15) is 0 Å². The molecule has 25 heavy (non-hydrogen) atoms. The van der Waals surface area contributed by atoms with Crippen LogP contribution in [0.15, 0.2) is 42.5 Å². The van der Waals surface area contributed by atoms with Gasteiger partial charge < -0.3 is 15.8 Å². The number of amides is 2. The fourth-order valence-corrected chi connectivity index (χ4v) is 2.53. The number of esters is 1. The smallest absolute Gasteiger partial charge is 0.338 e. The van der Waals surface area contributed by atoms with Crippen molar-refractivity contribution in [2.75, 3.05) is 29.1 Å². The van der Waals surface area contributed by atoms with Crippen molar-refractivity contribution >= 4 is 46.4 Å². The lowest BCUT2D eigenvalue weighted by molar-refractivity contribution is -0.124. The van der Waals surface area contributed by atoms with Crippen LogP contribution in [0.3, 0.4) is 0 Å². The lowest BCUT2D eigenvalue weighted by Crippen LogP contribution is -2.44. The molecule has 2 aromatic rings. The Bertz CT molecular complexity index is 869. The summed E-state index contributed by atoms with van der Waals surface area (Å²) in [5.74, 6) is -1.52. The van der Waals surface area contributed by atoms with Gasteiger partial charge in [0.15, 0.2) is 6.61 Å².